The van der Waals surface area contributed by atoms with Crippen molar-refractivity contribution in [1.29, 1.82) is 0 Å². The van der Waals surface area contributed by atoms with Crippen LogP contribution >= 0.6 is 27.3 Å². The van der Waals surface area contributed by atoms with Crippen LogP contribution in [0, 0.1) is 13.8 Å². The van der Waals surface area contributed by atoms with E-state index in [-0.39, 0.29) is 4.21 Å². The van der Waals surface area contributed by atoms with E-state index in [1.165, 1.54) is 6.20 Å². The van der Waals surface area contributed by atoms with E-state index in [1.807, 2.05) is 6.92 Å². The van der Waals surface area contributed by atoms with Crippen molar-refractivity contribution in [3.63, 3.8) is 0 Å². The number of aryl methyl sites for hydroxylation is 2. The van der Waals surface area contributed by atoms with Gasteiger partial charge in [-0.15, -0.1) is 11.3 Å². The highest BCUT2D eigenvalue weighted by molar-refractivity contribution is 9.10. The van der Waals surface area contributed by atoms with Gasteiger partial charge in [-0.25, -0.2) is 13.4 Å². The van der Waals surface area contributed by atoms with Crippen LogP contribution in [0.1, 0.15) is 10.6 Å². The number of benzene rings is 1. The summed E-state index contributed by atoms with van der Waals surface area (Å²) < 4.78 is 27.6. The molecule has 3 N–H and O–H groups in total. The summed E-state index contributed by atoms with van der Waals surface area (Å²) in [6.45, 7) is 3.61. The molecule has 0 unspecified atom stereocenters. The maximum absolute atomic E-state index is 12.2. The number of rotatable bonds is 3. The Kier molecular flexibility index (Phi) is 3.84. The molecule has 1 aromatic heterocycles. The van der Waals surface area contributed by atoms with E-state index in [0.717, 1.165) is 16.9 Å². The predicted octanol–water partition coefficient (Wildman–Crippen LogP) is 2.91. The van der Waals surface area contributed by atoms with Crippen LogP contribution < -0.4 is 10.5 Å². The molecule has 0 bridgehead atoms. The average molecular weight is 362 g/mol. The lowest BCUT2D eigenvalue weighted by molar-refractivity contribution is 0.603. The Balaban J connectivity index is 2.38. The number of nitrogen functional groups attached to an aromatic ring is 1. The zero-order valence-electron chi connectivity index (χ0n) is 10.3. The van der Waals surface area contributed by atoms with Gasteiger partial charge in [-0.3, -0.25) is 4.72 Å². The molecule has 0 fully saturated rings. The Morgan fingerprint density at radius 2 is 2.05 bits per heavy atom. The molecular formula is C11H12BrN3O2S2. The first-order valence-corrected chi connectivity index (χ1v) is 8.40. The monoisotopic (exact) mass is 361 g/mol. The number of thiazole rings is 1. The Morgan fingerprint density at radius 1 is 1.37 bits per heavy atom. The molecular weight excluding hydrogens is 350 g/mol. The highest BCUT2D eigenvalue weighted by Gasteiger charge is 2.18. The minimum absolute atomic E-state index is 0.177. The van der Waals surface area contributed by atoms with E-state index in [0.29, 0.717) is 20.9 Å². The third-order valence-electron chi connectivity index (χ3n) is 2.46. The minimum Gasteiger partial charge on any atom is -0.398 e. The molecule has 0 aliphatic rings. The normalized spacial score (nSPS) is 11.5. The molecule has 0 radical (unpaired) electrons. The average Bonchev–Trinajstić information content (AvgIpc) is 2.73. The maximum atomic E-state index is 12.2. The number of nitrogens with zero attached hydrogens (tertiary/aromatic N) is 1. The van der Waals surface area contributed by atoms with Crippen molar-refractivity contribution in [3.05, 3.63) is 33.4 Å². The first-order valence-electron chi connectivity index (χ1n) is 5.30. The number of hydrogen-bond donors (Lipinski definition) is 2. The fraction of sp³-hybridized carbons (Fsp3) is 0.182. The Bertz CT molecular complexity index is 726. The summed E-state index contributed by atoms with van der Waals surface area (Å²) in [5.74, 6) is 0. The van der Waals surface area contributed by atoms with Gasteiger partial charge in [0.15, 0.2) is 4.21 Å². The van der Waals surface area contributed by atoms with Gasteiger partial charge in [-0.05, 0) is 47.5 Å². The van der Waals surface area contributed by atoms with Crippen molar-refractivity contribution in [2.24, 2.45) is 0 Å². The van der Waals surface area contributed by atoms with Gasteiger partial charge in [0.25, 0.3) is 10.0 Å². The van der Waals surface area contributed by atoms with Gasteiger partial charge < -0.3 is 5.73 Å². The van der Waals surface area contributed by atoms with Crippen LogP contribution in [0.15, 0.2) is 27.0 Å². The number of hydrogen-bond acceptors (Lipinski definition) is 5. The van der Waals surface area contributed by atoms with Crippen LogP contribution in [0.4, 0.5) is 11.4 Å². The SMILES string of the molecule is Cc1ncc(S(=O)(=O)Nc2cc(N)c(C)cc2Br)s1. The molecule has 0 atom stereocenters. The third kappa shape index (κ3) is 3.07. The number of sulfonamides is 1. The van der Waals surface area contributed by atoms with E-state index >= 15 is 0 Å². The zero-order valence-corrected chi connectivity index (χ0v) is 13.5. The van der Waals surface area contributed by atoms with Crippen LogP contribution in [0.2, 0.25) is 0 Å². The molecule has 2 aromatic rings. The summed E-state index contributed by atoms with van der Waals surface area (Å²) in [6, 6.07) is 3.36. The van der Waals surface area contributed by atoms with Crippen LogP contribution in [0.25, 0.3) is 0 Å². The van der Waals surface area contributed by atoms with E-state index in [2.05, 4.69) is 25.6 Å². The highest BCUT2D eigenvalue weighted by Crippen LogP contribution is 2.30. The lowest BCUT2D eigenvalue weighted by Gasteiger charge is -2.10. The molecule has 0 aliphatic carbocycles. The Morgan fingerprint density at radius 3 is 2.63 bits per heavy atom. The molecule has 2 rings (SSSR count). The predicted molar refractivity (Wildman–Crippen MR) is 81.0 cm³/mol. The minimum atomic E-state index is -3.62. The topological polar surface area (TPSA) is 85.1 Å². The molecule has 5 nitrogen and oxygen atoms in total. The van der Waals surface area contributed by atoms with E-state index in [9.17, 15) is 8.42 Å². The number of anilines is 2. The van der Waals surface area contributed by atoms with Crippen LogP contribution in [0.5, 0.6) is 0 Å². The Hall–Kier alpha value is -1.12. The lowest BCUT2D eigenvalue weighted by Crippen LogP contribution is -2.12. The van der Waals surface area contributed by atoms with Crippen LogP contribution in [0.3, 0.4) is 0 Å². The van der Waals surface area contributed by atoms with E-state index < -0.39 is 10.0 Å². The van der Waals surface area contributed by atoms with E-state index in [1.54, 1.807) is 19.1 Å². The zero-order chi connectivity index (χ0) is 14.2. The highest BCUT2D eigenvalue weighted by atomic mass is 79.9. The van der Waals surface area contributed by atoms with Crippen LogP contribution in [-0.4, -0.2) is 13.4 Å². The summed E-state index contributed by atoms with van der Waals surface area (Å²) >= 11 is 4.44. The van der Waals surface area contributed by atoms with Gasteiger partial charge in [-0.1, -0.05) is 0 Å². The molecule has 0 spiro atoms. The summed E-state index contributed by atoms with van der Waals surface area (Å²) in [4.78, 5) is 3.94. The number of nitrogens with one attached hydrogen (secondary N) is 1. The molecule has 19 heavy (non-hydrogen) atoms. The van der Waals surface area contributed by atoms with Crippen molar-refractivity contribution in [3.8, 4) is 0 Å². The van der Waals surface area contributed by atoms with Gasteiger partial charge in [0, 0.05) is 10.2 Å². The molecule has 0 saturated carbocycles. The number of halogens is 1. The molecule has 0 aliphatic heterocycles. The van der Waals surface area contributed by atoms with Crippen molar-refractivity contribution in [2.45, 2.75) is 18.1 Å². The molecule has 0 amide bonds. The second-order valence-corrected chi connectivity index (χ2v) is 7.99. The second-order valence-electron chi connectivity index (χ2n) is 3.99. The smallest absolute Gasteiger partial charge is 0.273 e. The molecule has 1 heterocycles. The largest absolute Gasteiger partial charge is 0.398 e. The summed E-state index contributed by atoms with van der Waals surface area (Å²) in [7, 11) is -3.62. The van der Waals surface area contributed by atoms with Gasteiger partial charge in [0.1, 0.15) is 0 Å². The van der Waals surface area contributed by atoms with Gasteiger partial charge in [0.2, 0.25) is 0 Å². The summed E-state index contributed by atoms with van der Waals surface area (Å²) in [5, 5.41) is 0.697. The lowest BCUT2D eigenvalue weighted by atomic mass is 10.2. The van der Waals surface area contributed by atoms with Crippen molar-refractivity contribution < 1.29 is 8.42 Å². The maximum Gasteiger partial charge on any atom is 0.273 e. The fourth-order valence-electron chi connectivity index (χ4n) is 1.43. The standard InChI is InChI=1S/C11H12BrN3O2S2/c1-6-3-8(12)10(4-9(6)13)15-19(16,17)11-5-14-7(2)18-11/h3-5,15H,13H2,1-2H3. The molecule has 102 valence electrons. The third-order valence-corrected chi connectivity index (χ3v) is 5.86. The first-order chi connectivity index (χ1) is 8.79. The second kappa shape index (κ2) is 5.10. The quantitative estimate of drug-likeness (QED) is 0.823. The van der Waals surface area contributed by atoms with Gasteiger partial charge in [0.05, 0.1) is 16.9 Å². The first kappa shape index (κ1) is 14.3. The summed E-state index contributed by atoms with van der Waals surface area (Å²) in [6.07, 6.45) is 1.34. The molecule has 8 heteroatoms. The van der Waals surface area contributed by atoms with Gasteiger partial charge in [-0.2, -0.15) is 0 Å². The number of nitrogens with two attached hydrogens (primary N) is 1. The van der Waals surface area contributed by atoms with Crippen LogP contribution in [-0.2, 0) is 10.0 Å². The van der Waals surface area contributed by atoms with Crippen molar-refractivity contribution in [1.82, 2.24) is 4.98 Å². The van der Waals surface area contributed by atoms with Crippen molar-refractivity contribution in [2.75, 3.05) is 10.5 Å². The van der Waals surface area contributed by atoms with Gasteiger partial charge >= 0.3 is 0 Å². The summed E-state index contributed by atoms with van der Waals surface area (Å²) in [5.41, 5.74) is 7.60. The molecule has 0 saturated heterocycles. The Labute approximate surface area is 124 Å². The molecule has 1 aromatic carbocycles. The van der Waals surface area contributed by atoms with E-state index in [4.69, 9.17) is 5.73 Å². The fourth-order valence-corrected chi connectivity index (χ4v) is 4.30. The van der Waals surface area contributed by atoms with Crippen molar-refractivity contribution >= 4 is 48.7 Å². The number of aromatic nitrogens is 1.